The third-order valence-corrected chi connectivity index (χ3v) is 4.30. The van der Waals surface area contributed by atoms with Crippen LogP contribution in [0, 0.1) is 0 Å². The predicted molar refractivity (Wildman–Crippen MR) is 77.4 cm³/mol. The summed E-state index contributed by atoms with van der Waals surface area (Å²) >= 11 is 0. The Morgan fingerprint density at radius 2 is 2.30 bits per heavy atom. The third-order valence-electron chi connectivity index (χ3n) is 4.30. The lowest BCUT2D eigenvalue weighted by atomic mass is 10.0. The van der Waals surface area contributed by atoms with Crippen molar-refractivity contribution >= 4 is 6.03 Å². The van der Waals surface area contributed by atoms with Crippen LogP contribution in [0.3, 0.4) is 0 Å². The van der Waals surface area contributed by atoms with Gasteiger partial charge < -0.3 is 14.8 Å². The highest BCUT2D eigenvalue weighted by Crippen LogP contribution is 2.25. The molecule has 1 fully saturated rings. The van der Waals surface area contributed by atoms with E-state index >= 15 is 0 Å². The lowest BCUT2D eigenvalue weighted by molar-refractivity contribution is 0.203. The van der Waals surface area contributed by atoms with Crippen molar-refractivity contribution in [2.45, 2.75) is 37.6 Å². The number of urea groups is 1. The topological polar surface area (TPSA) is 50.2 Å². The lowest BCUT2D eigenvalue weighted by Gasteiger charge is -2.24. The first-order valence-corrected chi connectivity index (χ1v) is 7.41. The average Bonchev–Trinajstić information content (AvgIpc) is 3.08. The highest BCUT2D eigenvalue weighted by Gasteiger charge is 2.30. The molecule has 20 heavy (non-hydrogen) atoms. The van der Waals surface area contributed by atoms with E-state index < -0.39 is 0 Å². The lowest BCUT2D eigenvalue weighted by Crippen LogP contribution is -2.44. The molecule has 0 aromatic carbocycles. The first-order chi connectivity index (χ1) is 9.74. The molecule has 1 aliphatic carbocycles. The molecule has 0 bridgehead atoms. The molecule has 1 aromatic heterocycles. The van der Waals surface area contributed by atoms with Crippen molar-refractivity contribution in [3.8, 4) is 0 Å². The maximum Gasteiger partial charge on any atom is 0.317 e. The van der Waals surface area contributed by atoms with Gasteiger partial charge in [0, 0.05) is 44.5 Å². The molecular weight excluding hydrogens is 252 g/mol. The Kier molecular flexibility index (Phi) is 3.76. The average molecular weight is 274 g/mol. The number of amides is 2. The van der Waals surface area contributed by atoms with E-state index in [1.807, 2.05) is 24.3 Å². The van der Waals surface area contributed by atoms with Crippen molar-refractivity contribution in [2.24, 2.45) is 7.05 Å². The second kappa shape index (κ2) is 5.69. The smallest absolute Gasteiger partial charge is 0.317 e. The van der Waals surface area contributed by atoms with Crippen LogP contribution in [-0.4, -0.2) is 39.6 Å². The van der Waals surface area contributed by atoms with Gasteiger partial charge in [0.05, 0.1) is 0 Å². The minimum absolute atomic E-state index is 0.0852. The van der Waals surface area contributed by atoms with E-state index in [9.17, 15) is 4.79 Å². The number of likely N-dealkylation sites (tertiary alicyclic amines) is 1. The number of hydrogen-bond donors (Lipinski definition) is 1. The number of nitrogens with zero attached hydrogens (tertiary/aromatic N) is 3. The van der Waals surface area contributed by atoms with Crippen LogP contribution in [0.5, 0.6) is 0 Å². The number of imidazole rings is 1. The number of allylic oxidation sites excluding steroid dienone is 1. The molecule has 1 saturated heterocycles. The van der Waals surface area contributed by atoms with Crippen molar-refractivity contribution in [1.82, 2.24) is 19.8 Å². The Labute approximate surface area is 119 Å². The zero-order valence-corrected chi connectivity index (χ0v) is 12.0. The Morgan fingerprint density at radius 3 is 3.00 bits per heavy atom. The van der Waals surface area contributed by atoms with Gasteiger partial charge in [-0.15, -0.1) is 0 Å². The molecule has 2 amide bonds. The van der Waals surface area contributed by atoms with Crippen molar-refractivity contribution in [3.63, 3.8) is 0 Å². The summed E-state index contributed by atoms with van der Waals surface area (Å²) in [5, 5.41) is 3.15. The number of carbonyl (C=O) groups is 1. The van der Waals surface area contributed by atoms with Gasteiger partial charge in [0.15, 0.2) is 0 Å². The summed E-state index contributed by atoms with van der Waals surface area (Å²) < 4.78 is 2.05. The van der Waals surface area contributed by atoms with Crippen molar-refractivity contribution in [2.75, 3.05) is 13.1 Å². The largest absolute Gasteiger partial charge is 0.338 e. The maximum atomic E-state index is 12.3. The fraction of sp³-hybridized carbons (Fsp3) is 0.600. The standard InChI is InChI=1S/C15H22N4O/c1-18-10-8-16-14(18)12-7-9-19(11-12)15(20)17-13-5-3-2-4-6-13/h2-3,8,10,12-13H,4-7,9,11H2,1H3,(H,17,20). The van der Waals surface area contributed by atoms with Crippen LogP contribution in [0.2, 0.25) is 0 Å². The summed E-state index contributed by atoms with van der Waals surface area (Å²) in [4.78, 5) is 18.6. The molecule has 1 N–H and O–H groups in total. The van der Waals surface area contributed by atoms with E-state index in [1.165, 1.54) is 0 Å². The van der Waals surface area contributed by atoms with Gasteiger partial charge in [0.2, 0.25) is 0 Å². The van der Waals surface area contributed by atoms with Gasteiger partial charge in [-0.2, -0.15) is 0 Å². The number of rotatable bonds is 2. The van der Waals surface area contributed by atoms with Gasteiger partial charge in [-0.1, -0.05) is 12.2 Å². The summed E-state index contributed by atoms with van der Waals surface area (Å²) in [6.07, 6.45) is 12.2. The van der Waals surface area contributed by atoms with Gasteiger partial charge >= 0.3 is 6.03 Å². The Bertz CT molecular complexity index is 508. The van der Waals surface area contributed by atoms with E-state index in [2.05, 4.69) is 27.0 Å². The fourth-order valence-electron chi connectivity index (χ4n) is 3.12. The zero-order chi connectivity index (χ0) is 13.9. The van der Waals surface area contributed by atoms with Crippen LogP contribution >= 0.6 is 0 Å². The Morgan fingerprint density at radius 1 is 1.40 bits per heavy atom. The minimum atomic E-state index is 0.0852. The molecular formula is C15H22N4O. The Balaban J connectivity index is 1.55. The monoisotopic (exact) mass is 274 g/mol. The third kappa shape index (κ3) is 2.71. The minimum Gasteiger partial charge on any atom is -0.338 e. The maximum absolute atomic E-state index is 12.3. The SMILES string of the molecule is Cn1ccnc1C1CCN(C(=O)NC2CC=CCC2)C1. The molecule has 5 heteroatoms. The quantitative estimate of drug-likeness (QED) is 0.839. The van der Waals surface area contributed by atoms with Gasteiger partial charge in [-0.05, 0) is 25.7 Å². The van der Waals surface area contributed by atoms with Gasteiger partial charge in [0.25, 0.3) is 0 Å². The molecule has 2 atom stereocenters. The molecule has 108 valence electrons. The van der Waals surface area contributed by atoms with E-state index in [0.717, 1.165) is 44.6 Å². The van der Waals surface area contributed by atoms with Crippen molar-refractivity contribution < 1.29 is 4.79 Å². The number of aromatic nitrogens is 2. The highest BCUT2D eigenvalue weighted by atomic mass is 16.2. The highest BCUT2D eigenvalue weighted by molar-refractivity contribution is 5.75. The summed E-state index contributed by atoms with van der Waals surface area (Å²) in [5.41, 5.74) is 0. The fourth-order valence-corrected chi connectivity index (χ4v) is 3.12. The van der Waals surface area contributed by atoms with Crippen LogP contribution in [0.15, 0.2) is 24.5 Å². The molecule has 0 radical (unpaired) electrons. The first-order valence-electron chi connectivity index (χ1n) is 7.41. The second-order valence-electron chi connectivity index (χ2n) is 5.76. The van der Waals surface area contributed by atoms with Crippen LogP contribution < -0.4 is 5.32 Å². The molecule has 3 rings (SSSR count). The van der Waals surface area contributed by atoms with E-state index in [-0.39, 0.29) is 6.03 Å². The second-order valence-corrected chi connectivity index (χ2v) is 5.76. The van der Waals surface area contributed by atoms with Crippen LogP contribution in [0.4, 0.5) is 4.79 Å². The summed E-state index contributed by atoms with van der Waals surface area (Å²) in [5.74, 6) is 1.45. The summed E-state index contributed by atoms with van der Waals surface area (Å²) in [7, 11) is 2.01. The van der Waals surface area contributed by atoms with E-state index in [1.54, 1.807) is 0 Å². The van der Waals surface area contributed by atoms with Crippen molar-refractivity contribution in [1.29, 1.82) is 0 Å². The predicted octanol–water partition coefficient (Wildman–Crippen LogP) is 2.03. The molecule has 2 unspecified atom stereocenters. The van der Waals surface area contributed by atoms with Crippen LogP contribution in [0.1, 0.15) is 37.4 Å². The molecule has 2 aliphatic rings. The number of carbonyl (C=O) groups excluding carboxylic acids is 1. The normalized spacial score (nSPS) is 25.9. The number of aryl methyl sites for hydroxylation is 1. The molecule has 1 aromatic rings. The van der Waals surface area contributed by atoms with Gasteiger partial charge in [0.1, 0.15) is 5.82 Å². The van der Waals surface area contributed by atoms with Gasteiger partial charge in [-0.25, -0.2) is 9.78 Å². The zero-order valence-electron chi connectivity index (χ0n) is 12.0. The van der Waals surface area contributed by atoms with Crippen LogP contribution in [-0.2, 0) is 7.05 Å². The first kappa shape index (κ1) is 13.2. The van der Waals surface area contributed by atoms with Crippen LogP contribution in [0.25, 0.3) is 0 Å². The molecule has 1 aliphatic heterocycles. The summed E-state index contributed by atoms with van der Waals surface area (Å²) in [6, 6.07) is 0.390. The molecule has 0 saturated carbocycles. The molecule has 5 nitrogen and oxygen atoms in total. The number of nitrogens with one attached hydrogen (secondary N) is 1. The van der Waals surface area contributed by atoms with E-state index in [4.69, 9.17) is 0 Å². The van der Waals surface area contributed by atoms with E-state index in [0.29, 0.717) is 12.0 Å². The molecule has 0 spiro atoms. The Hall–Kier alpha value is -1.78. The molecule has 2 heterocycles. The van der Waals surface area contributed by atoms with Crippen molar-refractivity contribution in [3.05, 3.63) is 30.4 Å². The summed E-state index contributed by atoms with van der Waals surface area (Å²) in [6.45, 7) is 1.60. The number of hydrogen-bond acceptors (Lipinski definition) is 2. The van der Waals surface area contributed by atoms with Gasteiger partial charge in [-0.3, -0.25) is 0 Å².